The van der Waals surface area contributed by atoms with Crippen LogP contribution in [0.25, 0.3) is 11.4 Å². The summed E-state index contributed by atoms with van der Waals surface area (Å²) >= 11 is 0. The summed E-state index contributed by atoms with van der Waals surface area (Å²) in [5, 5.41) is 0. The molecule has 0 atom stereocenters. The van der Waals surface area contributed by atoms with Crippen molar-refractivity contribution in [2.45, 2.75) is 32.9 Å². The summed E-state index contributed by atoms with van der Waals surface area (Å²) in [6.45, 7) is 5.54. The predicted octanol–water partition coefficient (Wildman–Crippen LogP) is 3.92. The zero-order chi connectivity index (χ0) is 22.2. The zero-order valence-electron chi connectivity index (χ0n) is 18.5. The fourth-order valence-corrected chi connectivity index (χ4v) is 4.03. The van der Waals surface area contributed by atoms with E-state index in [4.69, 9.17) is 19.4 Å². The van der Waals surface area contributed by atoms with Crippen molar-refractivity contribution < 1.29 is 14.3 Å². The lowest BCUT2D eigenvalue weighted by molar-refractivity contribution is 0.0733. The minimum atomic E-state index is -0.0285. The number of ether oxygens (including phenoxy) is 2. The van der Waals surface area contributed by atoms with Gasteiger partial charge in [0.2, 0.25) is 6.79 Å². The molecule has 2 aliphatic heterocycles. The van der Waals surface area contributed by atoms with Crippen LogP contribution < -0.4 is 14.4 Å². The number of fused-ring (bicyclic) bond motifs is 2. The Morgan fingerprint density at radius 1 is 1.06 bits per heavy atom. The van der Waals surface area contributed by atoms with Crippen molar-refractivity contribution in [3.63, 3.8) is 0 Å². The molecule has 0 saturated carbocycles. The molecule has 0 bridgehead atoms. The van der Waals surface area contributed by atoms with Crippen LogP contribution in [-0.4, -0.2) is 47.2 Å². The van der Waals surface area contributed by atoms with E-state index in [1.54, 1.807) is 18.2 Å². The number of rotatable bonds is 4. The normalized spacial score (nSPS) is 14.4. The van der Waals surface area contributed by atoms with Crippen molar-refractivity contribution in [1.82, 2.24) is 14.9 Å². The van der Waals surface area contributed by atoms with Gasteiger partial charge in [-0.3, -0.25) is 4.79 Å². The maximum absolute atomic E-state index is 13.3. The number of carbonyl (C=O) groups excluding carboxylic acids is 1. The van der Waals surface area contributed by atoms with Crippen molar-refractivity contribution in [3.8, 4) is 22.9 Å². The van der Waals surface area contributed by atoms with E-state index in [0.717, 1.165) is 28.5 Å². The van der Waals surface area contributed by atoms with Gasteiger partial charge in [0, 0.05) is 42.7 Å². The van der Waals surface area contributed by atoms with Crippen LogP contribution in [0.3, 0.4) is 0 Å². The number of carbonyl (C=O) groups is 1. The maximum Gasteiger partial charge on any atom is 0.254 e. The van der Waals surface area contributed by atoms with E-state index >= 15 is 0 Å². The molecule has 2 aromatic carbocycles. The third-order valence-electron chi connectivity index (χ3n) is 6.09. The summed E-state index contributed by atoms with van der Waals surface area (Å²) in [4.78, 5) is 27.1. The standard InChI is InChI=1S/C25H26N4O3/c1-16(2)28(3)24-19-14-29(25(30)18-9-10-21-22(13-18)32-15-31-21)12-11-20(19)26-23(27-24)17-7-5-4-6-8-17/h4-10,13,16H,11-12,14-15H2,1-3H3. The van der Waals surface area contributed by atoms with Gasteiger partial charge in [0.15, 0.2) is 17.3 Å². The molecule has 5 rings (SSSR count). The van der Waals surface area contributed by atoms with Crippen molar-refractivity contribution in [2.75, 3.05) is 25.3 Å². The number of anilines is 1. The summed E-state index contributed by atoms with van der Waals surface area (Å²) < 4.78 is 10.8. The summed E-state index contributed by atoms with van der Waals surface area (Å²) in [5.41, 5.74) is 3.61. The molecule has 0 unspecified atom stereocenters. The molecular formula is C25H26N4O3. The van der Waals surface area contributed by atoms with Gasteiger partial charge in [0.05, 0.1) is 12.2 Å². The van der Waals surface area contributed by atoms with Crippen LogP contribution in [0, 0.1) is 0 Å². The van der Waals surface area contributed by atoms with Gasteiger partial charge in [0.25, 0.3) is 5.91 Å². The molecular weight excluding hydrogens is 404 g/mol. The highest BCUT2D eigenvalue weighted by Crippen LogP contribution is 2.34. The van der Waals surface area contributed by atoms with Crippen molar-refractivity contribution in [1.29, 1.82) is 0 Å². The monoisotopic (exact) mass is 430 g/mol. The fraction of sp³-hybridized carbons (Fsp3) is 0.320. The Labute approximate surface area is 187 Å². The van der Waals surface area contributed by atoms with Gasteiger partial charge < -0.3 is 19.3 Å². The third kappa shape index (κ3) is 3.64. The molecule has 0 fully saturated rings. The van der Waals surface area contributed by atoms with Crippen LogP contribution in [0.4, 0.5) is 5.82 Å². The molecule has 0 saturated heterocycles. The first kappa shape index (κ1) is 20.3. The summed E-state index contributed by atoms with van der Waals surface area (Å²) in [7, 11) is 2.04. The van der Waals surface area contributed by atoms with E-state index in [1.165, 1.54) is 0 Å². The van der Waals surface area contributed by atoms with Crippen LogP contribution >= 0.6 is 0 Å². The van der Waals surface area contributed by atoms with Gasteiger partial charge in [-0.1, -0.05) is 30.3 Å². The average Bonchev–Trinajstić information content (AvgIpc) is 3.30. The lowest BCUT2D eigenvalue weighted by Gasteiger charge is -2.33. The predicted molar refractivity (Wildman–Crippen MR) is 122 cm³/mol. The van der Waals surface area contributed by atoms with Crippen molar-refractivity contribution in [2.24, 2.45) is 0 Å². The Morgan fingerprint density at radius 3 is 2.62 bits per heavy atom. The number of hydrogen-bond donors (Lipinski definition) is 0. The Balaban J connectivity index is 1.49. The Bertz CT molecular complexity index is 1160. The van der Waals surface area contributed by atoms with E-state index in [1.807, 2.05) is 42.3 Å². The number of benzene rings is 2. The molecule has 0 spiro atoms. The molecule has 0 N–H and O–H groups in total. The summed E-state index contributed by atoms with van der Waals surface area (Å²) in [6.07, 6.45) is 0.687. The molecule has 2 aliphatic rings. The highest BCUT2D eigenvalue weighted by atomic mass is 16.7. The van der Waals surface area contributed by atoms with Crippen molar-refractivity contribution >= 4 is 11.7 Å². The number of hydrogen-bond acceptors (Lipinski definition) is 6. The Hall–Kier alpha value is -3.61. The Kier molecular flexibility index (Phi) is 5.17. The maximum atomic E-state index is 13.3. The van der Waals surface area contributed by atoms with Crippen LogP contribution in [0.1, 0.15) is 35.5 Å². The highest BCUT2D eigenvalue weighted by molar-refractivity contribution is 5.95. The van der Waals surface area contributed by atoms with E-state index in [0.29, 0.717) is 36.6 Å². The second-order valence-electron chi connectivity index (χ2n) is 8.41. The third-order valence-corrected chi connectivity index (χ3v) is 6.09. The van der Waals surface area contributed by atoms with Gasteiger partial charge in [-0.15, -0.1) is 0 Å². The topological polar surface area (TPSA) is 67.8 Å². The van der Waals surface area contributed by atoms with Gasteiger partial charge in [0.1, 0.15) is 5.82 Å². The number of amides is 1. The van der Waals surface area contributed by atoms with E-state index in [9.17, 15) is 4.79 Å². The first-order valence-corrected chi connectivity index (χ1v) is 10.9. The molecule has 164 valence electrons. The van der Waals surface area contributed by atoms with Gasteiger partial charge in [-0.2, -0.15) is 0 Å². The molecule has 3 heterocycles. The van der Waals surface area contributed by atoms with Crippen molar-refractivity contribution in [3.05, 3.63) is 65.4 Å². The molecule has 3 aromatic rings. The van der Waals surface area contributed by atoms with Gasteiger partial charge in [-0.05, 0) is 32.0 Å². The molecule has 1 aromatic heterocycles. The summed E-state index contributed by atoms with van der Waals surface area (Å²) in [5.74, 6) is 2.87. The molecule has 7 heteroatoms. The molecule has 7 nitrogen and oxygen atoms in total. The average molecular weight is 431 g/mol. The van der Waals surface area contributed by atoms with Gasteiger partial charge >= 0.3 is 0 Å². The van der Waals surface area contributed by atoms with Gasteiger partial charge in [-0.25, -0.2) is 9.97 Å². The Morgan fingerprint density at radius 2 is 1.84 bits per heavy atom. The second kappa shape index (κ2) is 8.15. The lowest BCUT2D eigenvalue weighted by atomic mass is 10.0. The quantitative estimate of drug-likeness (QED) is 0.625. The first-order chi connectivity index (χ1) is 15.5. The minimum Gasteiger partial charge on any atom is -0.454 e. The molecule has 32 heavy (non-hydrogen) atoms. The van der Waals surface area contributed by atoms with Crippen LogP contribution in [0.2, 0.25) is 0 Å². The SMILES string of the molecule is CC(C)N(C)c1nc(-c2ccccc2)nc2c1CN(C(=O)c1ccc3c(c1)OCO3)CC2. The molecule has 0 aliphatic carbocycles. The second-order valence-corrected chi connectivity index (χ2v) is 8.41. The lowest BCUT2D eigenvalue weighted by Crippen LogP contribution is -2.38. The van der Waals surface area contributed by atoms with E-state index in [-0.39, 0.29) is 18.7 Å². The largest absolute Gasteiger partial charge is 0.454 e. The highest BCUT2D eigenvalue weighted by Gasteiger charge is 2.29. The molecule has 0 radical (unpaired) electrons. The van der Waals surface area contributed by atoms with Crippen LogP contribution in [0.15, 0.2) is 48.5 Å². The minimum absolute atomic E-state index is 0.0285. The summed E-state index contributed by atoms with van der Waals surface area (Å²) in [6, 6.07) is 15.6. The first-order valence-electron chi connectivity index (χ1n) is 10.9. The van der Waals surface area contributed by atoms with E-state index in [2.05, 4.69) is 18.7 Å². The van der Waals surface area contributed by atoms with Crippen LogP contribution in [0.5, 0.6) is 11.5 Å². The smallest absolute Gasteiger partial charge is 0.254 e. The number of nitrogens with zero attached hydrogens (tertiary/aromatic N) is 4. The molecule has 1 amide bonds. The number of aromatic nitrogens is 2. The van der Waals surface area contributed by atoms with E-state index < -0.39 is 0 Å². The fourth-order valence-electron chi connectivity index (χ4n) is 4.03. The van der Waals surface area contributed by atoms with Crippen LogP contribution in [-0.2, 0) is 13.0 Å². The zero-order valence-corrected chi connectivity index (χ0v) is 18.5.